The van der Waals surface area contributed by atoms with Gasteiger partial charge in [0.1, 0.15) is 29.8 Å². The second-order valence-corrected chi connectivity index (χ2v) is 5.65. The van der Waals surface area contributed by atoms with Gasteiger partial charge in [0.2, 0.25) is 0 Å². The first-order valence-electron chi connectivity index (χ1n) is 8.36. The molecule has 0 atom stereocenters. The van der Waals surface area contributed by atoms with Crippen LogP contribution in [0.5, 0.6) is 5.75 Å². The number of anilines is 1. The highest BCUT2D eigenvalue weighted by Gasteiger charge is 2.11. The zero-order chi connectivity index (χ0) is 18.9. The minimum atomic E-state index is -0.519. The Morgan fingerprint density at radius 3 is 2.46 bits per heavy atom. The van der Waals surface area contributed by atoms with Crippen LogP contribution in [0.4, 0.5) is 5.82 Å². The second-order valence-electron chi connectivity index (χ2n) is 5.65. The van der Waals surface area contributed by atoms with Gasteiger partial charge in [-0.15, -0.1) is 12.4 Å². The number of amides is 1. The van der Waals surface area contributed by atoms with Crippen molar-refractivity contribution in [2.45, 2.75) is 6.61 Å². The molecule has 0 unspecified atom stereocenters. The van der Waals surface area contributed by atoms with Crippen molar-refractivity contribution in [1.82, 2.24) is 4.98 Å². The van der Waals surface area contributed by atoms with E-state index in [-0.39, 0.29) is 18.0 Å². The minimum Gasteiger partial charge on any atom is -0.488 e. The maximum atomic E-state index is 12.4. The summed E-state index contributed by atoms with van der Waals surface area (Å²) < 4.78 is 5.87. The van der Waals surface area contributed by atoms with E-state index in [4.69, 9.17) is 4.74 Å². The molecule has 28 heavy (non-hydrogen) atoms. The molecule has 0 aliphatic heterocycles. The monoisotopic (exact) mass is 391 g/mol. The fraction of sp³-hybridized carbons (Fsp3) is 0.0455. The van der Waals surface area contributed by atoms with Gasteiger partial charge in [0.15, 0.2) is 0 Å². The van der Waals surface area contributed by atoms with E-state index < -0.39 is 5.91 Å². The molecule has 0 saturated carbocycles. The number of halogens is 1. The number of pyridine rings is 1. The largest absolute Gasteiger partial charge is 0.488 e. The predicted molar refractivity (Wildman–Crippen MR) is 111 cm³/mol. The lowest BCUT2D eigenvalue weighted by atomic mass is 10.1. The number of nitriles is 1. The summed E-state index contributed by atoms with van der Waals surface area (Å²) in [6, 6.07) is 24.1. The molecule has 2 aromatic carbocycles. The molecule has 0 fully saturated rings. The molecule has 3 aromatic rings. The standard InChI is InChI=1S/C22H17N3O2.ClH/c23-15-19(22(26)25-21-12-6-7-13-24-21)14-18-10-4-5-11-20(18)27-16-17-8-2-1-3-9-17;/h1-14H,16H2,(H,24,25,26);1H/b19-14+;. The SMILES string of the molecule is Cl.N#C/C(=C\c1ccccc1OCc1ccccc1)C(=O)Nc1ccccn1. The van der Waals surface area contributed by atoms with Gasteiger partial charge in [-0.1, -0.05) is 54.6 Å². The van der Waals surface area contributed by atoms with E-state index in [0.717, 1.165) is 5.56 Å². The van der Waals surface area contributed by atoms with Crippen molar-refractivity contribution in [3.05, 3.63) is 95.7 Å². The maximum Gasteiger partial charge on any atom is 0.267 e. The van der Waals surface area contributed by atoms with E-state index in [2.05, 4.69) is 10.3 Å². The molecule has 140 valence electrons. The number of para-hydroxylation sites is 1. The molecule has 5 nitrogen and oxygen atoms in total. The molecular weight excluding hydrogens is 374 g/mol. The number of hydrogen-bond donors (Lipinski definition) is 1. The highest BCUT2D eigenvalue weighted by Crippen LogP contribution is 2.22. The Kier molecular flexibility index (Phi) is 7.77. The van der Waals surface area contributed by atoms with E-state index in [1.165, 1.54) is 6.08 Å². The van der Waals surface area contributed by atoms with Crippen LogP contribution in [-0.4, -0.2) is 10.9 Å². The molecule has 0 saturated heterocycles. The van der Waals surface area contributed by atoms with Gasteiger partial charge in [0.25, 0.3) is 5.91 Å². The number of hydrogen-bond acceptors (Lipinski definition) is 4. The van der Waals surface area contributed by atoms with Crippen molar-refractivity contribution in [3.8, 4) is 11.8 Å². The number of rotatable bonds is 6. The first-order chi connectivity index (χ1) is 13.3. The minimum absolute atomic E-state index is 0. The Labute approximate surface area is 169 Å². The molecule has 0 spiro atoms. The summed E-state index contributed by atoms with van der Waals surface area (Å²) in [5.41, 5.74) is 1.65. The number of carbonyl (C=O) groups is 1. The van der Waals surface area contributed by atoms with Crippen LogP contribution in [0.15, 0.2) is 84.6 Å². The van der Waals surface area contributed by atoms with Crippen LogP contribution in [0.25, 0.3) is 6.08 Å². The third-order valence-electron chi connectivity index (χ3n) is 3.73. The van der Waals surface area contributed by atoms with Gasteiger partial charge in [-0.3, -0.25) is 4.79 Å². The first-order valence-corrected chi connectivity index (χ1v) is 8.36. The fourth-order valence-corrected chi connectivity index (χ4v) is 2.39. The molecule has 1 aromatic heterocycles. The van der Waals surface area contributed by atoms with E-state index in [1.807, 2.05) is 48.5 Å². The summed E-state index contributed by atoms with van der Waals surface area (Å²) in [7, 11) is 0. The number of ether oxygens (including phenoxy) is 1. The quantitative estimate of drug-likeness (QED) is 0.491. The number of carbonyl (C=O) groups excluding carboxylic acids is 1. The number of nitrogens with zero attached hydrogens (tertiary/aromatic N) is 2. The fourth-order valence-electron chi connectivity index (χ4n) is 2.39. The van der Waals surface area contributed by atoms with Crippen LogP contribution < -0.4 is 10.1 Å². The number of aromatic nitrogens is 1. The van der Waals surface area contributed by atoms with Crippen LogP contribution in [0.3, 0.4) is 0 Å². The lowest BCUT2D eigenvalue weighted by Gasteiger charge is -2.10. The van der Waals surface area contributed by atoms with Gasteiger partial charge >= 0.3 is 0 Å². The van der Waals surface area contributed by atoms with Crippen molar-refractivity contribution in [2.75, 3.05) is 5.32 Å². The van der Waals surface area contributed by atoms with Crippen LogP contribution in [0.2, 0.25) is 0 Å². The van der Waals surface area contributed by atoms with Crippen LogP contribution in [0.1, 0.15) is 11.1 Å². The summed E-state index contributed by atoms with van der Waals surface area (Å²) in [6.45, 7) is 0.397. The van der Waals surface area contributed by atoms with E-state index in [0.29, 0.717) is 23.7 Å². The Hall–Kier alpha value is -3.62. The topological polar surface area (TPSA) is 75.0 Å². The Morgan fingerprint density at radius 2 is 1.75 bits per heavy atom. The lowest BCUT2D eigenvalue weighted by Crippen LogP contribution is -2.14. The van der Waals surface area contributed by atoms with Crippen LogP contribution >= 0.6 is 12.4 Å². The molecule has 0 radical (unpaired) electrons. The third kappa shape index (κ3) is 5.70. The van der Waals surface area contributed by atoms with Gasteiger partial charge in [-0.05, 0) is 29.8 Å². The molecule has 1 amide bonds. The normalized spacial score (nSPS) is 10.3. The maximum absolute atomic E-state index is 12.4. The highest BCUT2D eigenvalue weighted by molar-refractivity contribution is 6.09. The van der Waals surface area contributed by atoms with Gasteiger partial charge < -0.3 is 10.1 Å². The van der Waals surface area contributed by atoms with E-state index in [1.54, 1.807) is 36.5 Å². The zero-order valence-electron chi connectivity index (χ0n) is 14.9. The smallest absolute Gasteiger partial charge is 0.267 e. The predicted octanol–water partition coefficient (Wildman–Crippen LogP) is 4.63. The summed E-state index contributed by atoms with van der Waals surface area (Å²) in [6.07, 6.45) is 3.08. The molecule has 1 N–H and O–H groups in total. The van der Waals surface area contributed by atoms with Crippen molar-refractivity contribution in [2.24, 2.45) is 0 Å². The average molecular weight is 392 g/mol. The number of nitrogens with one attached hydrogen (secondary N) is 1. The molecule has 6 heteroatoms. The summed E-state index contributed by atoms with van der Waals surface area (Å²) >= 11 is 0. The summed E-state index contributed by atoms with van der Waals surface area (Å²) in [4.78, 5) is 16.4. The molecular formula is C22H18ClN3O2. The second kappa shape index (κ2) is 10.5. The lowest BCUT2D eigenvalue weighted by molar-refractivity contribution is -0.112. The molecule has 0 bridgehead atoms. The zero-order valence-corrected chi connectivity index (χ0v) is 15.7. The molecule has 3 rings (SSSR count). The molecule has 0 aliphatic rings. The molecule has 0 aliphatic carbocycles. The van der Waals surface area contributed by atoms with Gasteiger partial charge in [-0.2, -0.15) is 5.26 Å². The van der Waals surface area contributed by atoms with Crippen LogP contribution in [0, 0.1) is 11.3 Å². The van der Waals surface area contributed by atoms with Crippen molar-refractivity contribution < 1.29 is 9.53 Å². The van der Waals surface area contributed by atoms with E-state index in [9.17, 15) is 10.1 Å². The Balaban J connectivity index is 0.00000280. The summed E-state index contributed by atoms with van der Waals surface area (Å²) in [5.74, 6) is 0.464. The molecule has 1 heterocycles. The number of benzene rings is 2. The highest BCUT2D eigenvalue weighted by atomic mass is 35.5. The van der Waals surface area contributed by atoms with Gasteiger partial charge in [0.05, 0.1) is 0 Å². The van der Waals surface area contributed by atoms with Crippen molar-refractivity contribution in [1.29, 1.82) is 5.26 Å². The van der Waals surface area contributed by atoms with Crippen molar-refractivity contribution >= 4 is 30.2 Å². The first kappa shape index (κ1) is 20.7. The van der Waals surface area contributed by atoms with Gasteiger partial charge in [-0.25, -0.2) is 4.98 Å². The van der Waals surface area contributed by atoms with Gasteiger partial charge in [0, 0.05) is 11.8 Å². The third-order valence-corrected chi connectivity index (χ3v) is 3.73. The Morgan fingerprint density at radius 1 is 1.04 bits per heavy atom. The average Bonchev–Trinajstić information content (AvgIpc) is 2.72. The van der Waals surface area contributed by atoms with Crippen molar-refractivity contribution in [3.63, 3.8) is 0 Å². The summed E-state index contributed by atoms with van der Waals surface area (Å²) in [5, 5.41) is 12.0. The Bertz CT molecular complexity index is 983. The van der Waals surface area contributed by atoms with Crippen LogP contribution in [-0.2, 0) is 11.4 Å². The van der Waals surface area contributed by atoms with E-state index >= 15 is 0 Å².